The van der Waals surface area contributed by atoms with Crippen molar-refractivity contribution in [2.24, 2.45) is 16.8 Å². The first kappa shape index (κ1) is 63.2. The van der Waals surface area contributed by atoms with Crippen LogP contribution in [-0.2, 0) is 55.7 Å². The molecular formula is C53H55F6KN8O12S. The van der Waals surface area contributed by atoms with E-state index in [1.54, 1.807) is 54.6 Å². The molecule has 4 fully saturated rings. The molecule has 3 saturated heterocycles. The number of hydrogen-bond acceptors (Lipinski definition) is 16. The van der Waals surface area contributed by atoms with Gasteiger partial charge >= 0.3 is 75.7 Å². The number of carbonyl (C=O) groups is 6. The molecule has 0 spiro atoms. The fourth-order valence-electron chi connectivity index (χ4n) is 10.1. The third-order valence-corrected chi connectivity index (χ3v) is 15.5. The van der Waals surface area contributed by atoms with Crippen molar-refractivity contribution < 1.29 is 136 Å². The van der Waals surface area contributed by atoms with Crippen molar-refractivity contribution in [3.63, 3.8) is 0 Å². The van der Waals surface area contributed by atoms with Crippen molar-refractivity contribution >= 4 is 52.9 Å². The molecule has 428 valence electrons. The summed E-state index contributed by atoms with van der Waals surface area (Å²) < 4.78 is 101. The summed E-state index contributed by atoms with van der Waals surface area (Å²) in [6, 6.07) is 14.0. The summed E-state index contributed by atoms with van der Waals surface area (Å²) in [5.74, 6) is -5.78. The summed E-state index contributed by atoms with van der Waals surface area (Å²) in [4.78, 5) is 78.4. The third-order valence-electron chi connectivity index (χ3n) is 14.0. The van der Waals surface area contributed by atoms with Gasteiger partial charge in [-0.3, -0.25) is 24.0 Å². The molecule has 4 heterocycles. The number of Topliss-reactive ketones (excluding diaryl/α,β-unsaturated/α-hetero) is 1. The van der Waals surface area contributed by atoms with E-state index >= 15 is 0 Å². The monoisotopic (exact) mass is 1180 g/mol. The number of carboxylic acids is 1. The molecule has 8 rings (SSSR count). The maximum absolute atomic E-state index is 14.6. The second-order valence-corrected chi connectivity index (χ2v) is 20.9. The Morgan fingerprint density at radius 3 is 2.31 bits per heavy atom. The van der Waals surface area contributed by atoms with Crippen LogP contribution in [0.4, 0.5) is 31.1 Å². The average molecular weight is 1180 g/mol. The van der Waals surface area contributed by atoms with E-state index in [4.69, 9.17) is 9.47 Å². The maximum atomic E-state index is 14.6. The van der Waals surface area contributed by atoms with E-state index < -0.39 is 120 Å². The van der Waals surface area contributed by atoms with Crippen LogP contribution >= 0.6 is 11.8 Å². The van der Waals surface area contributed by atoms with Crippen molar-refractivity contribution in [2.45, 2.75) is 112 Å². The fraction of sp³-hybridized carbons (Fsp3) is 0.453. The zero-order valence-corrected chi connectivity index (χ0v) is 47.3. The van der Waals surface area contributed by atoms with Gasteiger partial charge in [-0.25, -0.2) is 9.48 Å². The molecule has 81 heavy (non-hydrogen) atoms. The number of fused-ring (bicyclic) bond motifs is 1. The number of aliphatic carboxylic acids is 1. The van der Waals surface area contributed by atoms with E-state index in [1.807, 2.05) is 5.32 Å². The minimum Gasteiger partial charge on any atom is -0.862 e. The third kappa shape index (κ3) is 16.2. The Hall–Kier alpha value is -5.40. The van der Waals surface area contributed by atoms with Gasteiger partial charge in [-0.1, -0.05) is 65.9 Å². The van der Waals surface area contributed by atoms with Gasteiger partial charge in [0.25, 0.3) is 5.91 Å². The van der Waals surface area contributed by atoms with Crippen molar-refractivity contribution in [2.75, 3.05) is 25.4 Å². The van der Waals surface area contributed by atoms with Gasteiger partial charge in [0.1, 0.15) is 24.1 Å². The first-order valence-corrected chi connectivity index (χ1v) is 26.5. The Labute approximate surface area is 505 Å². The van der Waals surface area contributed by atoms with E-state index in [9.17, 15) is 75.5 Å². The Morgan fingerprint density at radius 1 is 0.938 bits per heavy atom. The number of amides is 3. The molecule has 0 bridgehead atoms. The molecule has 1 saturated carbocycles. The number of allylic oxidation sites excluding steroid dienone is 1. The first-order chi connectivity index (χ1) is 38.0. The average Bonchev–Trinajstić information content (AvgIpc) is 4.21. The molecule has 3 aromatic carbocycles. The van der Waals surface area contributed by atoms with Crippen molar-refractivity contribution in [1.29, 1.82) is 0 Å². The predicted molar refractivity (Wildman–Crippen MR) is 270 cm³/mol. The molecule has 3 aliphatic heterocycles. The molecule has 3 amide bonds. The summed E-state index contributed by atoms with van der Waals surface area (Å²) >= 11 is 1.42. The molecule has 0 unspecified atom stereocenters. The number of thioether (sulfide) groups is 1. The number of carboxylic acid groups (broad SMARTS) is 1. The van der Waals surface area contributed by atoms with E-state index in [0.717, 1.165) is 4.68 Å². The first-order valence-electron chi connectivity index (χ1n) is 25.4. The topological polar surface area (TPSA) is 296 Å². The molecule has 1 aromatic heterocycles. The van der Waals surface area contributed by atoms with Gasteiger partial charge in [0.15, 0.2) is 17.9 Å². The van der Waals surface area contributed by atoms with Crippen molar-refractivity contribution in [3.05, 3.63) is 130 Å². The van der Waals surface area contributed by atoms with Crippen LogP contribution in [0.1, 0.15) is 86.3 Å². The molecular weight excluding hydrogens is 1130 g/mol. The SMILES string of the molecule is O=C(O)C[C@H]1CCC(=O)[C@@H]1C(=O)/C=C\CCO[C@H]1O[C@@H](Cn2cc(Cc3cc(C(F)(F)F)c(C(=O)NCCN=C([O-])C[C@@H]4SC[C@@H]5NC(=O)N[C@@H]54)c(C(F)(F)F)c3)nn2)[C@@H](O)[C@@H](O)[C@@H]1NCc1ccc(C(=O)c2ccccc2)cc1.[K+]. The molecule has 4 aromatic rings. The van der Waals surface area contributed by atoms with Crippen LogP contribution in [0.15, 0.2) is 90.1 Å². The number of halogens is 6. The zero-order chi connectivity index (χ0) is 57.5. The molecule has 0 radical (unpaired) electrons. The minimum atomic E-state index is -5.47. The molecule has 1 aliphatic carbocycles. The Kier molecular flexibility index (Phi) is 21.7. The van der Waals surface area contributed by atoms with Crippen LogP contribution in [-0.4, -0.2) is 145 Å². The summed E-state index contributed by atoms with van der Waals surface area (Å²) in [6.07, 6.45) is -13.8. The summed E-state index contributed by atoms with van der Waals surface area (Å²) in [5.41, 5.74) is -4.62. The number of urea groups is 1. The summed E-state index contributed by atoms with van der Waals surface area (Å²) in [7, 11) is 0. The molecule has 4 aliphatic rings. The Morgan fingerprint density at radius 2 is 1.63 bits per heavy atom. The van der Waals surface area contributed by atoms with Crippen LogP contribution < -0.4 is 77.8 Å². The van der Waals surface area contributed by atoms with Crippen LogP contribution in [0.5, 0.6) is 0 Å². The molecule has 28 heteroatoms. The Bertz CT molecular complexity index is 2950. The number of alkyl halides is 6. The number of ketones is 3. The number of nitrogens with one attached hydrogen (secondary N) is 4. The zero-order valence-electron chi connectivity index (χ0n) is 43.3. The number of hydrogen-bond donors (Lipinski definition) is 7. The number of aliphatic hydroxyl groups is 2. The van der Waals surface area contributed by atoms with Crippen LogP contribution in [0.3, 0.4) is 0 Å². The summed E-state index contributed by atoms with van der Waals surface area (Å²) in [5, 5.41) is 62.8. The van der Waals surface area contributed by atoms with E-state index in [2.05, 4.69) is 31.3 Å². The van der Waals surface area contributed by atoms with Crippen molar-refractivity contribution in [3.8, 4) is 0 Å². The summed E-state index contributed by atoms with van der Waals surface area (Å²) in [6.45, 7) is -1.50. The van der Waals surface area contributed by atoms with Gasteiger partial charge < -0.3 is 56.2 Å². The second-order valence-electron chi connectivity index (χ2n) is 19.7. The standard InChI is InChI=1S/C53H56F6N8O12S.K/c54-52(55,56)33-19-28(20-34(53(57,58)59)43(33)49(76)61-16-15-60-40(70)22-39-44-35(26-80-39)63-51(77)64-44)18-32-24-67(66-65-32)25-38-47(74)48(75)45(62-23-27-9-11-30(12-10-27)46(73)29-6-2-1-3-7-29)50(79-38)78-17-5-4-8-36(68)42-31(21-41(71)72)13-14-37(42)69;/h1-4,6-12,19-20,24,31,35,38-39,42,44-45,47-48,50,62,74-75H,5,13-18,21-23,25-26H2,(H,60,70)(H,61,76)(H,71,72)(H2,63,64,77);/q;+1/p-1/b8-4-;/t31-,35+,38+,39+,42+,44+,45+,47-,48+,50+;/m1./s1. The van der Waals surface area contributed by atoms with Crippen LogP contribution in [0.25, 0.3) is 0 Å². The van der Waals surface area contributed by atoms with E-state index in [-0.39, 0.29) is 144 Å². The van der Waals surface area contributed by atoms with Crippen molar-refractivity contribution in [1.82, 2.24) is 36.3 Å². The van der Waals surface area contributed by atoms with Gasteiger partial charge in [0, 0.05) is 60.7 Å². The van der Waals surface area contributed by atoms with E-state index in [1.165, 1.54) is 30.1 Å². The quantitative estimate of drug-likeness (QED) is 0.00609. The number of rotatable bonds is 23. The molecule has 10 atom stereocenters. The van der Waals surface area contributed by atoms with Gasteiger partial charge in [-0.05, 0) is 60.4 Å². The fourth-order valence-corrected chi connectivity index (χ4v) is 11.6. The van der Waals surface area contributed by atoms with Gasteiger partial charge in [-0.2, -0.15) is 38.1 Å². The maximum Gasteiger partial charge on any atom is 1.00 e. The number of aliphatic imine (C=N–C) groups is 1. The molecule has 7 N–H and O–H groups in total. The minimum absolute atomic E-state index is 0. The number of aliphatic hydroxyl groups excluding tert-OH is 2. The van der Waals surface area contributed by atoms with Gasteiger partial charge in [-0.15, -0.1) is 5.10 Å². The smallest absolute Gasteiger partial charge is 0.862 e. The van der Waals surface area contributed by atoms with Gasteiger partial charge in [0.2, 0.25) is 0 Å². The number of benzene rings is 3. The largest absolute Gasteiger partial charge is 1.00 e. The normalized spacial score (nSPS) is 24.8. The molecule has 20 nitrogen and oxygen atoms in total. The number of ether oxygens (including phenoxy) is 2. The van der Waals surface area contributed by atoms with Crippen LogP contribution in [0.2, 0.25) is 0 Å². The number of nitrogens with zero attached hydrogens (tertiary/aromatic N) is 4. The van der Waals surface area contributed by atoms with Gasteiger partial charge in [0.05, 0.1) is 66.1 Å². The van der Waals surface area contributed by atoms with E-state index in [0.29, 0.717) is 34.6 Å². The van der Waals surface area contributed by atoms with Crippen LogP contribution in [0, 0.1) is 11.8 Å². The second kappa shape index (κ2) is 27.8. The Balaban J connectivity index is 0.00000946. The predicted octanol–water partition coefficient (Wildman–Crippen LogP) is 0.393. The number of carbonyl (C=O) groups excluding carboxylic acids is 5. The number of aromatic nitrogens is 3.